The second-order valence-electron chi connectivity index (χ2n) is 9.61. The maximum atomic E-state index is 13.4. The Bertz CT molecular complexity index is 1070. The summed E-state index contributed by atoms with van der Waals surface area (Å²) < 4.78 is 2.01. The number of rotatable bonds is 8. The summed E-state index contributed by atoms with van der Waals surface area (Å²) in [5.41, 5.74) is 1.50. The van der Waals surface area contributed by atoms with Gasteiger partial charge in [0.1, 0.15) is 11.7 Å². The van der Waals surface area contributed by atoms with Crippen LogP contribution in [0.25, 0.3) is 10.9 Å². The zero-order valence-electron chi connectivity index (χ0n) is 19.3. The Morgan fingerprint density at radius 2 is 1.97 bits per heavy atom. The van der Waals surface area contributed by atoms with Crippen LogP contribution in [0.1, 0.15) is 49.0 Å². The summed E-state index contributed by atoms with van der Waals surface area (Å²) >= 11 is 6.24. The van der Waals surface area contributed by atoms with E-state index in [1.807, 2.05) is 42.9 Å². The van der Waals surface area contributed by atoms with Crippen LogP contribution in [0.3, 0.4) is 0 Å². The molecule has 2 N–H and O–H groups in total. The lowest BCUT2D eigenvalue weighted by Crippen LogP contribution is -2.50. The summed E-state index contributed by atoms with van der Waals surface area (Å²) in [6.45, 7) is 1.43. The molecule has 1 aromatic heterocycles. The Kier molecular flexibility index (Phi) is 7.26. The van der Waals surface area contributed by atoms with Crippen LogP contribution in [0.4, 0.5) is 0 Å². The molecule has 3 unspecified atom stereocenters. The van der Waals surface area contributed by atoms with E-state index in [4.69, 9.17) is 11.6 Å². The van der Waals surface area contributed by atoms with Crippen LogP contribution < -0.4 is 10.6 Å². The van der Waals surface area contributed by atoms with Crippen molar-refractivity contribution in [2.75, 3.05) is 20.6 Å². The van der Waals surface area contributed by atoms with Crippen molar-refractivity contribution in [1.29, 1.82) is 5.26 Å². The monoisotopic (exact) mass is 469 g/mol. The number of aromatic nitrogens is 1. The van der Waals surface area contributed by atoms with Crippen molar-refractivity contribution in [3.05, 3.63) is 35.0 Å². The first-order valence-corrected chi connectivity index (χ1v) is 12.2. The Morgan fingerprint density at radius 1 is 1.21 bits per heavy atom. The highest BCUT2D eigenvalue weighted by Crippen LogP contribution is 2.33. The molecule has 176 valence electrons. The number of nitrogens with one attached hydrogen (secondary N) is 2. The van der Waals surface area contributed by atoms with Gasteiger partial charge in [-0.05, 0) is 63.9 Å². The quantitative estimate of drug-likeness (QED) is 0.618. The van der Waals surface area contributed by atoms with Gasteiger partial charge in [0.2, 0.25) is 5.91 Å². The molecule has 2 aliphatic carbocycles. The molecule has 0 radical (unpaired) electrons. The number of halogens is 1. The molecule has 0 aliphatic heterocycles. The first-order chi connectivity index (χ1) is 15.9. The van der Waals surface area contributed by atoms with Gasteiger partial charge in [-0.25, -0.2) is 0 Å². The fourth-order valence-corrected chi connectivity index (χ4v) is 4.93. The molecule has 3 atom stereocenters. The topological polar surface area (TPSA) is 90.2 Å². The largest absolute Gasteiger partial charge is 0.347 e. The van der Waals surface area contributed by atoms with Crippen LogP contribution in [0.15, 0.2) is 24.3 Å². The lowest BCUT2D eigenvalue weighted by atomic mass is 9.83. The molecule has 0 spiro atoms. The van der Waals surface area contributed by atoms with Gasteiger partial charge in [0.05, 0.1) is 17.5 Å². The molecule has 8 heteroatoms. The van der Waals surface area contributed by atoms with E-state index in [0.29, 0.717) is 17.3 Å². The van der Waals surface area contributed by atoms with Crippen molar-refractivity contribution < 1.29 is 9.59 Å². The van der Waals surface area contributed by atoms with E-state index in [-0.39, 0.29) is 29.7 Å². The number of hydrogen-bond donors (Lipinski definition) is 2. The van der Waals surface area contributed by atoms with Crippen molar-refractivity contribution in [3.63, 3.8) is 0 Å². The normalized spacial score (nSPS) is 21.5. The number of carbonyl (C=O) groups is 2. The highest BCUT2D eigenvalue weighted by molar-refractivity contribution is 6.31. The minimum Gasteiger partial charge on any atom is -0.347 e. The summed E-state index contributed by atoms with van der Waals surface area (Å²) in [4.78, 5) is 28.5. The van der Waals surface area contributed by atoms with Gasteiger partial charge in [0, 0.05) is 29.5 Å². The van der Waals surface area contributed by atoms with Crippen LogP contribution in [0, 0.1) is 23.2 Å². The van der Waals surface area contributed by atoms with Gasteiger partial charge in [0.25, 0.3) is 5.91 Å². The zero-order chi connectivity index (χ0) is 23.5. The maximum absolute atomic E-state index is 13.4. The van der Waals surface area contributed by atoms with Gasteiger partial charge in [-0.15, -0.1) is 0 Å². The second-order valence-corrected chi connectivity index (χ2v) is 10.0. The van der Waals surface area contributed by atoms with Gasteiger partial charge in [0.15, 0.2) is 0 Å². The average Bonchev–Trinajstić information content (AvgIpc) is 3.57. The molecule has 0 saturated heterocycles. The summed E-state index contributed by atoms with van der Waals surface area (Å²) in [5, 5.41) is 17.1. The van der Waals surface area contributed by atoms with E-state index in [1.165, 1.54) is 0 Å². The lowest BCUT2D eigenvalue weighted by Gasteiger charge is -2.32. The molecule has 2 saturated carbocycles. The number of carbonyl (C=O) groups excluding carboxylic acids is 2. The molecule has 1 aromatic carbocycles. The van der Waals surface area contributed by atoms with Gasteiger partial charge in [-0.1, -0.05) is 30.5 Å². The smallest absolute Gasteiger partial charge is 0.268 e. The van der Waals surface area contributed by atoms with E-state index in [1.54, 1.807) is 0 Å². The minimum absolute atomic E-state index is 0.113. The molecule has 2 fully saturated rings. The maximum Gasteiger partial charge on any atom is 0.268 e. The molecule has 7 nitrogen and oxygen atoms in total. The predicted octanol–water partition coefficient (Wildman–Crippen LogP) is 3.56. The molecule has 0 bridgehead atoms. The van der Waals surface area contributed by atoms with Crippen LogP contribution in [-0.4, -0.2) is 54.0 Å². The fraction of sp³-hybridized carbons (Fsp3) is 0.560. The van der Waals surface area contributed by atoms with E-state index in [0.717, 1.165) is 56.0 Å². The molecule has 33 heavy (non-hydrogen) atoms. The van der Waals surface area contributed by atoms with Gasteiger partial charge >= 0.3 is 0 Å². The van der Waals surface area contributed by atoms with Gasteiger partial charge < -0.3 is 20.1 Å². The molecule has 4 rings (SSSR count). The number of nitriles is 1. The van der Waals surface area contributed by atoms with Crippen molar-refractivity contribution in [1.82, 2.24) is 20.1 Å². The second kappa shape index (κ2) is 10.1. The van der Waals surface area contributed by atoms with Gasteiger partial charge in [-0.2, -0.15) is 5.26 Å². The molecule has 2 aliphatic rings. The summed E-state index contributed by atoms with van der Waals surface area (Å²) in [5.74, 6) is -0.329. The van der Waals surface area contributed by atoms with Crippen molar-refractivity contribution in [2.45, 2.75) is 57.2 Å². The average molecular weight is 470 g/mol. The summed E-state index contributed by atoms with van der Waals surface area (Å²) in [7, 11) is 4.00. The summed E-state index contributed by atoms with van der Waals surface area (Å²) in [6.07, 6.45) is 5.38. The van der Waals surface area contributed by atoms with Crippen molar-refractivity contribution >= 4 is 34.3 Å². The first-order valence-electron chi connectivity index (χ1n) is 11.8. The van der Waals surface area contributed by atoms with Crippen molar-refractivity contribution in [3.8, 4) is 6.07 Å². The Labute approximate surface area is 200 Å². The Hall–Kier alpha value is -2.56. The Balaban J connectivity index is 1.53. The number of amides is 2. The number of likely N-dealkylation sites (N-methyl/N-ethyl adjacent to an activating group) is 1. The fourth-order valence-electron chi connectivity index (χ4n) is 4.76. The number of nitrogens with zero attached hydrogens (tertiary/aromatic N) is 3. The molecular formula is C25H32ClN5O2. The zero-order valence-corrected chi connectivity index (χ0v) is 20.1. The first kappa shape index (κ1) is 23.6. The highest BCUT2D eigenvalue weighted by Gasteiger charge is 2.37. The third kappa shape index (κ3) is 5.51. The SMILES string of the molecule is CN(C)CCn1c(C(=O)NC2CCCCC2C(=O)NC(C#N)C2CC2)cc2ccc(Cl)cc21. The standard InChI is InChI=1S/C25H32ClN5O2/c1-30(2)11-12-31-22-14-18(26)10-9-17(22)13-23(31)25(33)28-20-6-4-3-5-19(20)24(32)29-21(15-27)16-7-8-16/h9-10,13-14,16,19-21H,3-8,11-12H2,1-2H3,(H,28,33)(H,29,32). The highest BCUT2D eigenvalue weighted by atomic mass is 35.5. The van der Waals surface area contributed by atoms with Crippen LogP contribution in [0.5, 0.6) is 0 Å². The minimum atomic E-state index is -0.422. The van der Waals surface area contributed by atoms with E-state index in [2.05, 4.69) is 21.6 Å². The summed E-state index contributed by atoms with van der Waals surface area (Å²) in [6, 6.07) is 9.11. The van der Waals surface area contributed by atoms with Crippen LogP contribution in [0.2, 0.25) is 5.02 Å². The third-order valence-corrected chi connectivity index (χ3v) is 7.05. The lowest BCUT2D eigenvalue weighted by molar-refractivity contribution is -0.127. The predicted molar refractivity (Wildman–Crippen MR) is 129 cm³/mol. The van der Waals surface area contributed by atoms with E-state index in [9.17, 15) is 14.9 Å². The molecule has 1 heterocycles. The van der Waals surface area contributed by atoms with E-state index < -0.39 is 6.04 Å². The van der Waals surface area contributed by atoms with E-state index >= 15 is 0 Å². The van der Waals surface area contributed by atoms with Gasteiger partial charge in [-0.3, -0.25) is 9.59 Å². The number of hydrogen-bond acceptors (Lipinski definition) is 4. The number of benzene rings is 1. The van der Waals surface area contributed by atoms with Crippen molar-refractivity contribution in [2.24, 2.45) is 11.8 Å². The molecular weight excluding hydrogens is 438 g/mol. The Morgan fingerprint density at radius 3 is 2.67 bits per heavy atom. The van der Waals surface area contributed by atoms with Crippen LogP contribution in [-0.2, 0) is 11.3 Å². The third-order valence-electron chi connectivity index (χ3n) is 6.82. The van der Waals surface area contributed by atoms with Crippen LogP contribution >= 0.6 is 11.6 Å². The molecule has 2 amide bonds. The molecule has 2 aromatic rings. The number of fused-ring (bicyclic) bond motifs is 1.